The minimum Gasteiger partial charge on any atom is -0.478 e. The Morgan fingerprint density at radius 3 is 1.28 bits per heavy atom. The molecule has 0 amide bonds. The van der Waals surface area contributed by atoms with Crippen LogP contribution in [0.3, 0.4) is 0 Å². The number of carboxylic acids is 2. The Kier molecular flexibility index (Phi) is 14.8. The van der Waals surface area contributed by atoms with Gasteiger partial charge in [0.1, 0.15) is 0 Å². The molecule has 0 aromatic heterocycles. The summed E-state index contributed by atoms with van der Waals surface area (Å²) in [6, 6.07) is 3.38. The van der Waals surface area contributed by atoms with E-state index < -0.39 is 17.7 Å². The van der Waals surface area contributed by atoms with Gasteiger partial charge in [0.15, 0.2) is 5.78 Å². The number of nitrogen functional groups attached to an aromatic ring is 2. The van der Waals surface area contributed by atoms with Crippen LogP contribution < -0.4 is 11.5 Å². The van der Waals surface area contributed by atoms with Crippen molar-refractivity contribution >= 4 is 29.1 Å². The Labute approximate surface area is 301 Å². The van der Waals surface area contributed by atoms with Crippen LogP contribution in [-0.2, 0) is 12.8 Å². The predicted octanol–water partition coefficient (Wildman–Crippen LogP) is 11.1. The second kappa shape index (κ2) is 18.8. The maximum atomic E-state index is 14.8. The highest BCUT2D eigenvalue weighted by atomic mass is 16.4. The third-order valence-corrected chi connectivity index (χ3v) is 11.4. The Hall–Kier alpha value is -3.35. The quantitative estimate of drug-likeness (QED) is 0.0693. The van der Waals surface area contributed by atoms with E-state index in [4.69, 9.17) is 11.5 Å². The second-order valence-electron chi connectivity index (χ2n) is 16.2. The van der Waals surface area contributed by atoms with Crippen molar-refractivity contribution in [3.63, 3.8) is 0 Å². The molecule has 2 aromatic rings. The topological polar surface area (TPSA) is 144 Å². The molecule has 0 heterocycles. The van der Waals surface area contributed by atoms with Crippen molar-refractivity contribution in [1.29, 1.82) is 0 Å². The maximum Gasteiger partial charge on any atom is 0.336 e. The van der Waals surface area contributed by atoms with Crippen molar-refractivity contribution < 1.29 is 24.6 Å². The van der Waals surface area contributed by atoms with Crippen LogP contribution in [0.15, 0.2) is 12.1 Å². The van der Waals surface area contributed by atoms with E-state index in [9.17, 15) is 24.6 Å². The van der Waals surface area contributed by atoms with Gasteiger partial charge in [-0.2, -0.15) is 0 Å². The summed E-state index contributed by atoms with van der Waals surface area (Å²) in [4.78, 5) is 40.7. The second-order valence-corrected chi connectivity index (χ2v) is 16.2. The van der Waals surface area contributed by atoms with Gasteiger partial charge in [0.2, 0.25) is 0 Å². The molecule has 4 rings (SSSR count). The smallest absolute Gasteiger partial charge is 0.336 e. The van der Waals surface area contributed by atoms with Gasteiger partial charge in [-0.3, -0.25) is 4.79 Å². The highest BCUT2D eigenvalue weighted by molar-refractivity contribution is 6.23. The standard InChI is InChI=1S/C43H64N2O5/c1-27(2)17-9-5-15-23-31-33(29-19-11-7-12-20-29)25-35(42(47)48)37(39(31)44)41(46)38-36(43(49)50)26-34(30-21-13-8-14-22-30)32(40(38)45)24-16-6-10-18-28(3)4/h25-30H,5-24,44-45H2,1-4H3,(H,47,48)(H,49,50). The summed E-state index contributed by atoms with van der Waals surface area (Å²) in [5.74, 6) is -1.53. The lowest BCUT2D eigenvalue weighted by molar-refractivity contribution is 0.0686. The molecule has 0 aliphatic heterocycles. The lowest BCUT2D eigenvalue weighted by Crippen LogP contribution is -2.22. The highest BCUT2D eigenvalue weighted by Crippen LogP contribution is 2.43. The molecule has 0 saturated heterocycles. The van der Waals surface area contributed by atoms with E-state index in [1.807, 2.05) is 0 Å². The molecule has 7 heteroatoms. The number of aromatic carboxylic acids is 2. The van der Waals surface area contributed by atoms with Gasteiger partial charge in [-0.1, -0.05) is 105 Å². The molecular weight excluding hydrogens is 624 g/mol. The molecule has 0 unspecified atom stereocenters. The summed E-state index contributed by atoms with van der Waals surface area (Å²) >= 11 is 0. The summed E-state index contributed by atoms with van der Waals surface area (Å²) in [6.45, 7) is 8.88. The molecule has 6 N–H and O–H groups in total. The van der Waals surface area contributed by atoms with E-state index in [1.54, 1.807) is 12.1 Å². The maximum absolute atomic E-state index is 14.8. The fraction of sp³-hybridized carbons (Fsp3) is 0.651. The number of anilines is 2. The van der Waals surface area contributed by atoms with Crippen molar-refractivity contribution in [1.82, 2.24) is 0 Å². The van der Waals surface area contributed by atoms with Crippen molar-refractivity contribution in [2.24, 2.45) is 11.8 Å². The SMILES string of the molecule is CC(C)CCCCCc1c(C2CCCCC2)cc(C(=O)O)c(C(=O)c2c(C(=O)O)cc(C3CCCCC3)c(CCCCCC(C)C)c2N)c1N. The minimum atomic E-state index is -1.24. The number of carbonyl (C=O) groups is 3. The Bertz CT molecular complexity index is 1370. The van der Waals surface area contributed by atoms with E-state index in [0.29, 0.717) is 24.7 Å². The van der Waals surface area contributed by atoms with Gasteiger partial charge in [-0.05, 0) is 109 Å². The first-order valence-corrected chi connectivity index (χ1v) is 19.8. The number of ketones is 1. The van der Waals surface area contributed by atoms with E-state index in [1.165, 1.54) is 0 Å². The summed E-state index contributed by atoms with van der Waals surface area (Å²) in [5.41, 5.74) is 17.3. The largest absolute Gasteiger partial charge is 0.478 e. The van der Waals surface area contributed by atoms with Crippen molar-refractivity contribution in [3.8, 4) is 0 Å². The van der Waals surface area contributed by atoms with Gasteiger partial charge >= 0.3 is 11.9 Å². The molecule has 50 heavy (non-hydrogen) atoms. The molecule has 0 atom stereocenters. The molecule has 2 aromatic carbocycles. The first kappa shape index (κ1) is 39.4. The number of unbranched alkanes of at least 4 members (excludes halogenated alkanes) is 4. The molecule has 0 radical (unpaired) electrons. The summed E-state index contributed by atoms with van der Waals surface area (Å²) < 4.78 is 0. The molecule has 0 spiro atoms. The first-order chi connectivity index (χ1) is 23.9. The van der Waals surface area contributed by atoms with E-state index in [0.717, 1.165) is 138 Å². The fourth-order valence-corrected chi connectivity index (χ4v) is 8.66. The molecule has 7 nitrogen and oxygen atoms in total. The lowest BCUT2D eigenvalue weighted by Gasteiger charge is -2.28. The number of benzene rings is 2. The van der Waals surface area contributed by atoms with Gasteiger partial charge in [-0.25, -0.2) is 9.59 Å². The summed E-state index contributed by atoms with van der Waals surface area (Å²) in [6.07, 6.45) is 20.1. The Balaban J connectivity index is 1.85. The molecule has 2 fully saturated rings. The number of hydrogen-bond acceptors (Lipinski definition) is 5. The van der Waals surface area contributed by atoms with Crippen LogP contribution in [0.4, 0.5) is 11.4 Å². The highest BCUT2D eigenvalue weighted by Gasteiger charge is 2.34. The van der Waals surface area contributed by atoms with Gasteiger partial charge < -0.3 is 21.7 Å². The van der Waals surface area contributed by atoms with E-state index in [-0.39, 0.29) is 45.5 Å². The van der Waals surface area contributed by atoms with Crippen LogP contribution in [0.25, 0.3) is 0 Å². The van der Waals surface area contributed by atoms with Crippen LogP contribution in [0.2, 0.25) is 0 Å². The Morgan fingerprint density at radius 1 is 0.600 bits per heavy atom. The summed E-state index contributed by atoms with van der Waals surface area (Å²) in [5, 5.41) is 21.1. The summed E-state index contributed by atoms with van der Waals surface area (Å²) in [7, 11) is 0. The molecule has 0 bridgehead atoms. The molecular formula is C43H64N2O5. The van der Waals surface area contributed by atoms with Gasteiger partial charge in [0, 0.05) is 11.4 Å². The van der Waals surface area contributed by atoms with Gasteiger partial charge in [0.05, 0.1) is 22.3 Å². The zero-order chi connectivity index (χ0) is 36.4. The number of nitrogens with two attached hydrogens (primary N) is 2. The van der Waals surface area contributed by atoms with Crippen LogP contribution in [0, 0.1) is 11.8 Å². The zero-order valence-electron chi connectivity index (χ0n) is 31.4. The van der Waals surface area contributed by atoms with E-state index >= 15 is 0 Å². The molecule has 276 valence electrons. The number of hydrogen-bond donors (Lipinski definition) is 4. The molecule has 2 aliphatic rings. The van der Waals surface area contributed by atoms with Crippen LogP contribution in [0.5, 0.6) is 0 Å². The zero-order valence-corrected chi connectivity index (χ0v) is 31.4. The monoisotopic (exact) mass is 688 g/mol. The normalized spacial score (nSPS) is 16.0. The molecule has 2 aliphatic carbocycles. The number of carboxylic acid groups (broad SMARTS) is 2. The van der Waals surface area contributed by atoms with Crippen molar-refractivity contribution in [2.75, 3.05) is 11.5 Å². The van der Waals surface area contributed by atoms with Crippen LogP contribution in [0.1, 0.15) is 214 Å². The number of carbonyl (C=O) groups excluding carboxylic acids is 1. The first-order valence-electron chi connectivity index (χ1n) is 19.8. The van der Waals surface area contributed by atoms with Gasteiger partial charge in [0.25, 0.3) is 0 Å². The third kappa shape index (κ3) is 9.91. The predicted molar refractivity (Wildman–Crippen MR) is 205 cm³/mol. The fourth-order valence-electron chi connectivity index (χ4n) is 8.66. The van der Waals surface area contributed by atoms with Crippen molar-refractivity contribution in [2.45, 2.75) is 168 Å². The average Bonchev–Trinajstić information content (AvgIpc) is 3.08. The van der Waals surface area contributed by atoms with Gasteiger partial charge in [-0.15, -0.1) is 0 Å². The van der Waals surface area contributed by atoms with Crippen LogP contribution in [-0.4, -0.2) is 27.9 Å². The minimum absolute atomic E-state index is 0.114. The van der Waals surface area contributed by atoms with E-state index in [2.05, 4.69) is 27.7 Å². The average molecular weight is 689 g/mol. The Morgan fingerprint density at radius 2 is 0.960 bits per heavy atom. The third-order valence-electron chi connectivity index (χ3n) is 11.4. The molecule has 2 saturated carbocycles. The van der Waals surface area contributed by atoms with Crippen molar-refractivity contribution in [3.05, 3.63) is 56.6 Å². The van der Waals surface area contributed by atoms with Crippen LogP contribution >= 0.6 is 0 Å². The number of rotatable bonds is 18. The lowest BCUT2D eigenvalue weighted by atomic mass is 9.76.